The molecule has 4 heteroatoms. The molecule has 0 saturated heterocycles. The molecule has 0 aliphatic rings. The largest absolute Gasteiger partial charge is 0.493 e. The number of thioether (sulfide) groups is 1. The maximum atomic E-state index is 5.90. The van der Waals surface area contributed by atoms with Gasteiger partial charge in [0, 0.05) is 16.7 Å². The van der Waals surface area contributed by atoms with Crippen LogP contribution in [-0.2, 0) is 0 Å². The highest BCUT2D eigenvalue weighted by molar-refractivity contribution is 7.99. The average Bonchev–Trinajstić information content (AvgIpc) is 2.52. The van der Waals surface area contributed by atoms with Gasteiger partial charge in [0.25, 0.3) is 0 Å². The molecule has 1 atom stereocenters. The van der Waals surface area contributed by atoms with Gasteiger partial charge in [-0.25, -0.2) is 0 Å². The molecule has 0 radical (unpaired) electrons. The Morgan fingerprint density at radius 2 is 1.86 bits per heavy atom. The first-order chi connectivity index (χ1) is 10.2. The van der Waals surface area contributed by atoms with Gasteiger partial charge >= 0.3 is 0 Å². The number of benzene rings is 2. The van der Waals surface area contributed by atoms with Crippen molar-refractivity contribution in [1.82, 2.24) is 0 Å². The molecule has 2 aromatic carbocycles. The van der Waals surface area contributed by atoms with Crippen LogP contribution in [0, 0.1) is 0 Å². The third-order valence-electron chi connectivity index (χ3n) is 3.06. The first-order valence-electron chi connectivity index (χ1n) is 6.95. The summed E-state index contributed by atoms with van der Waals surface area (Å²) >= 11 is 1.76. The van der Waals surface area contributed by atoms with Crippen LogP contribution < -0.4 is 15.2 Å². The SMILES string of the molecule is COc1ccccc1OCCSc1cccc(C(C)N)c1. The average molecular weight is 303 g/mol. The van der Waals surface area contributed by atoms with Gasteiger partial charge in [-0.1, -0.05) is 24.3 Å². The highest BCUT2D eigenvalue weighted by Gasteiger charge is 2.03. The molecule has 0 aliphatic heterocycles. The van der Waals surface area contributed by atoms with E-state index in [1.54, 1.807) is 18.9 Å². The van der Waals surface area contributed by atoms with Crippen LogP contribution in [0.5, 0.6) is 11.5 Å². The van der Waals surface area contributed by atoms with E-state index in [2.05, 4.69) is 18.2 Å². The van der Waals surface area contributed by atoms with E-state index in [4.69, 9.17) is 15.2 Å². The standard InChI is InChI=1S/C17H21NO2S/c1-13(18)14-6-5-7-15(12-14)21-11-10-20-17-9-4-3-8-16(17)19-2/h3-9,12-13H,10-11,18H2,1-2H3. The Morgan fingerprint density at radius 1 is 1.10 bits per heavy atom. The Morgan fingerprint density at radius 3 is 2.57 bits per heavy atom. The van der Waals surface area contributed by atoms with Gasteiger partial charge in [-0.05, 0) is 36.8 Å². The minimum Gasteiger partial charge on any atom is -0.493 e. The minimum absolute atomic E-state index is 0.0652. The van der Waals surface area contributed by atoms with Crippen molar-refractivity contribution in [3.8, 4) is 11.5 Å². The van der Waals surface area contributed by atoms with Crippen LogP contribution >= 0.6 is 11.8 Å². The molecule has 0 bridgehead atoms. The van der Waals surface area contributed by atoms with Crippen LogP contribution in [-0.4, -0.2) is 19.5 Å². The highest BCUT2D eigenvalue weighted by Crippen LogP contribution is 2.26. The molecule has 0 aromatic heterocycles. The Kier molecular flexibility index (Phi) is 5.96. The number of hydrogen-bond acceptors (Lipinski definition) is 4. The lowest BCUT2D eigenvalue weighted by Gasteiger charge is -2.11. The highest BCUT2D eigenvalue weighted by atomic mass is 32.2. The summed E-state index contributed by atoms with van der Waals surface area (Å²) in [7, 11) is 1.65. The summed E-state index contributed by atoms with van der Waals surface area (Å²) in [6.07, 6.45) is 0. The normalized spacial score (nSPS) is 12.0. The molecule has 0 saturated carbocycles. The van der Waals surface area contributed by atoms with E-state index in [-0.39, 0.29) is 6.04 Å². The molecule has 1 unspecified atom stereocenters. The second kappa shape index (κ2) is 7.96. The lowest BCUT2D eigenvalue weighted by atomic mass is 10.1. The Bertz CT molecular complexity index is 572. The maximum Gasteiger partial charge on any atom is 0.161 e. The maximum absolute atomic E-state index is 5.90. The Labute approximate surface area is 130 Å². The molecule has 2 N–H and O–H groups in total. The van der Waals surface area contributed by atoms with Gasteiger partial charge < -0.3 is 15.2 Å². The van der Waals surface area contributed by atoms with Crippen molar-refractivity contribution in [1.29, 1.82) is 0 Å². The van der Waals surface area contributed by atoms with Gasteiger partial charge in [0.2, 0.25) is 0 Å². The number of nitrogens with two attached hydrogens (primary N) is 1. The minimum atomic E-state index is 0.0652. The predicted molar refractivity (Wildman–Crippen MR) is 88.3 cm³/mol. The van der Waals surface area contributed by atoms with Crippen LogP contribution in [0.3, 0.4) is 0 Å². The van der Waals surface area contributed by atoms with Crippen LogP contribution in [0.4, 0.5) is 0 Å². The zero-order valence-electron chi connectivity index (χ0n) is 12.4. The van der Waals surface area contributed by atoms with Crippen molar-refractivity contribution in [2.45, 2.75) is 17.9 Å². The summed E-state index contributed by atoms with van der Waals surface area (Å²) in [4.78, 5) is 1.22. The van der Waals surface area contributed by atoms with E-state index in [9.17, 15) is 0 Å². The first-order valence-corrected chi connectivity index (χ1v) is 7.93. The molecule has 0 aliphatic carbocycles. The molecule has 0 fully saturated rings. The molecule has 2 rings (SSSR count). The fourth-order valence-corrected chi connectivity index (χ4v) is 2.73. The van der Waals surface area contributed by atoms with E-state index in [1.807, 2.05) is 37.3 Å². The number of para-hydroxylation sites is 2. The molecule has 0 heterocycles. The summed E-state index contributed by atoms with van der Waals surface area (Å²) in [5.74, 6) is 2.42. The Hall–Kier alpha value is -1.65. The molecule has 112 valence electrons. The number of methoxy groups -OCH3 is 1. The van der Waals surface area contributed by atoms with Crippen LogP contribution in [0.1, 0.15) is 18.5 Å². The topological polar surface area (TPSA) is 44.5 Å². The fourth-order valence-electron chi connectivity index (χ4n) is 1.94. The molecule has 0 spiro atoms. The van der Waals surface area contributed by atoms with Crippen LogP contribution in [0.2, 0.25) is 0 Å². The van der Waals surface area contributed by atoms with Crippen molar-refractivity contribution in [2.75, 3.05) is 19.5 Å². The van der Waals surface area contributed by atoms with E-state index < -0.39 is 0 Å². The summed E-state index contributed by atoms with van der Waals surface area (Å²) in [5, 5.41) is 0. The third kappa shape index (κ3) is 4.69. The van der Waals surface area contributed by atoms with Gasteiger partial charge in [0.05, 0.1) is 13.7 Å². The zero-order valence-corrected chi connectivity index (χ0v) is 13.2. The van der Waals surface area contributed by atoms with E-state index >= 15 is 0 Å². The van der Waals surface area contributed by atoms with Gasteiger partial charge in [-0.3, -0.25) is 0 Å². The second-order valence-corrected chi connectivity index (χ2v) is 5.88. The summed E-state index contributed by atoms with van der Waals surface area (Å²) in [6, 6.07) is 16.1. The monoisotopic (exact) mass is 303 g/mol. The molecular formula is C17H21NO2S. The number of ether oxygens (including phenoxy) is 2. The van der Waals surface area contributed by atoms with E-state index in [0.29, 0.717) is 6.61 Å². The van der Waals surface area contributed by atoms with Crippen molar-refractivity contribution in [2.24, 2.45) is 5.73 Å². The molecule has 3 nitrogen and oxygen atoms in total. The van der Waals surface area contributed by atoms with Crippen molar-refractivity contribution in [3.05, 3.63) is 54.1 Å². The fraction of sp³-hybridized carbons (Fsp3) is 0.294. The van der Waals surface area contributed by atoms with E-state index in [0.717, 1.165) is 22.8 Å². The van der Waals surface area contributed by atoms with Crippen LogP contribution in [0.15, 0.2) is 53.4 Å². The number of hydrogen-bond donors (Lipinski definition) is 1. The van der Waals surface area contributed by atoms with Crippen molar-refractivity contribution >= 4 is 11.8 Å². The molecule has 21 heavy (non-hydrogen) atoms. The van der Waals surface area contributed by atoms with Crippen molar-refractivity contribution in [3.63, 3.8) is 0 Å². The molecule has 2 aromatic rings. The predicted octanol–water partition coefficient (Wildman–Crippen LogP) is 3.89. The summed E-state index contributed by atoms with van der Waals surface area (Å²) in [6.45, 7) is 2.63. The van der Waals surface area contributed by atoms with Crippen LogP contribution in [0.25, 0.3) is 0 Å². The lowest BCUT2D eigenvalue weighted by molar-refractivity contribution is 0.313. The van der Waals surface area contributed by atoms with E-state index in [1.165, 1.54) is 4.90 Å². The lowest BCUT2D eigenvalue weighted by Crippen LogP contribution is -2.05. The van der Waals surface area contributed by atoms with Gasteiger partial charge in [0.15, 0.2) is 11.5 Å². The Balaban J connectivity index is 1.83. The van der Waals surface area contributed by atoms with Gasteiger partial charge in [-0.15, -0.1) is 11.8 Å². The molecule has 0 amide bonds. The summed E-state index contributed by atoms with van der Waals surface area (Å²) < 4.78 is 11.0. The van der Waals surface area contributed by atoms with Gasteiger partial charge in [-0.2, -0.15) is 0 Å². The van der Waals surface area contributed by atoms with Gasteiger partial charge in [0.1, 0.15) is 0 Å². The third-order valence-corrected chi connectivity index (χ3v) is 4.02. The first kappa shape index (κ1) is 15.7. The summed E-state index contributed by atoms with van der Waals surface area (Å²) in [5.41, 5.74) is 7.06. The molecular weight excluding hydrogens is 282 g/mol. The smallest absolute Gasteiger partial charge is 0.161 e. The zero-order chi connectivity index (χ0) is 15.1. The quantitative estimate of drug-likeness (QED) is 0.622. The van der Waals surface area contributed by atoms with Crippen molar-refractivity contribution < 1.29 is 9.47 Å². The number of rotatable bonds is 7. The second-order valence-electron chi connectivity index (χ2n) is 4.71.